The van der Waals surface area contributed by atoms with E-state index in [0.717, 1.165) is 82.9 Å². The molecule has 0 aliphatic heterocycles. The minimum absolute atomic E-state index is 0.676. The topological polar surface area (TPSA) is 38.9 Å². The van der Waals surface area contributed by atoms with Gasteiger partial charge in [-0.15, -0.1) is 11.3 Å². The molecule has 0 atom stereocenters. The predicted octanol–water partition coefficient (Wildman–Crippen LogP) is 15.8. The molecule has 0 unspecified atom stereocenters. The van der Waals surface area contributed by atoms with E-state index in [-0.39, 0.29) is 0 Å². The van der Waals surface area contributed by atoms with Gasteiger partial charge < -0.3 is 14.0 Å². The molecule has 4 heterocycles. The monoisotopic (exact) mass is 835 g/mol. The largest absolute Gasteiger partial charge is 0.311 e. The highest BCUT2D eigenvalue weighted by molar-refractivity contribution is 7.26. The molecule has 5 nitrogen and oxygen atoms in total. The van der Waals surface area contributed by atoms with Crippen molar-refractivity contribution in [3.63, 3.8) is 0 Å². The fourth-order valence-electron chi connectivity index (χ4n) is 9.67. The number of anilines is 3. The zero-order chi connectivity index (χ0) is 42.1. The number of nitrogens with zero attached hydrogens (tertiary/aromatic N) is 5. The SMILES string of the molecule is c1ccc(N(c2ccccc2)c2ccc(-c3nc(-c4cc(-n5c6ccccc6c6ccccc65)cc(-n5c6ccccc6c6ccccc65)c4)nc4c3sc3ccccc34)cc2)cc1. The molecule has 0 radical (unpaired) electrons. The normalized spacial score (nSPS) is 11.8. The van der Waals surface area contributed by atoms with Gasteiger partial charge in [0.1, 0.15) is 0 Å². The van der Waals surface area contributed by atoms with Crippen LogP contribution in [0, 0.1) is 0 Å². The molecule has 0 aliphatic carbocycles. The molecule has 0 spiro atoms. The van der Waals surface area contributed by atoms with Crippen LogP contribution in [0.25, 0.3) is 97.9 Å². The lowest BCUT2D eigenvalue weighted by Crippen LogP contribution is -2.09. The van der Waals surface area contributed by atoms with Crippen molar-refractivity contribution < 1.29 is 0 Å². The van der Waals surface area contributed by atoms with Crippen LogP contribution < -0.4 is 4.90 Å². The third-order valence-electron chi connectivity index (χ3n) is 12.5. The van der Waals surface area contributed by atoms with E-state index in [1.807, 2.05) is 0 Å². The number of fused-ring (bicyclic) bond motifs is 9. The average molecular weight is 836 g/mol. The molecule has 0 saturated carbocycles. The van der Waals surface area contributed by atoms with Gasteiger partial charge >= 0.3 is 0 Å². The molecule has 0 fully saturated rings. The Hall–Kier alpha value is -8.32. The summed E-state index contributed by atoms with van der Waals surface area (Å²) in [5.41, 5.74) is 13.8. The van der Waals surface area contributed by atoms with E-state index in [1.54, 1.807) is 11.3 Å². The summed E-state index contributed by atoms with van der Waals surface area (Å²) >= 11 is 1.76. The fourth-order valence-corrected chi connectivity index (χ4v) is 10.8. The Kier molecular flexibility index (Phi) is 8.32. The number of rotatable bonds is 7. The van der Waals surface area contributed by atoms with Crippen molar-refractivity contribution in [2.75, 3.05) is 4.90 Å². The Morgan fingerprint density at radius 3 is 1.28 bits per heavy atom. The highest BCUT2D eigenvalue weighted by Gasteiger charge is 2.21. The standard InChI is InChI=1S/C58H37N5S/c1-3-17-40(18-4-1)61(41-19-5-2-6-20-41)42-33-31-38(32-34-42)55-57-56(49-25-11-16-30-54(49)64-57)60-58(59-55)39-35-43(62-50-26-12-7-21-45(50)46-22-8-13-27-51(46)62)37-44(36-39)63-52-28-14-9-23-47(52)48-24-10-15-29-53(48)63/h1-37H. The lowest BCUT2D eigenvalue weighted by Gasteiger charge is -2.25. The van der Waals surface area contributed by atoms with E-state index < -0.39 is 0 Å². The number of hydrogen-bond donors (Lipinski definition) is 0. The minimum atomic E-state index is 0.676. The van der Waals surface area contributed by atoms with Crippen LogP contribution in [0.15, 0.2) is 224 Å². The number of aromatic nitrogens is 4. The first-order valence-electron chi connectivity index (χ1n) is 21.6. The number of hydrogen-bond acceptors (Lipinski definition) is 4. The summed E-state index contributed by atoms with van der Waals surface area (Å²) in [6.07, 6.45) is 0. The third-order valence-corrected chi connectivity index (χ3v) is 13.7. The van der Waals surface area contributed by atoms with Crippen LogP contribution in [0.2, 0.25) is 0 Å². The van der Waals surface area contributed by atoms with Gasteiger partial charge in [-0.3, -0.25) is 0 Å². The lowest BCUT2D eigenvalue weighted by molar-refractivity contribution is 1.13. The van der Waals surface area contributed by atoms with Gasteiger partial charge in [-0.2, -0.15) is 0 Å². The molecule has 13 rings (SSSR count). The van der Waals surface area contributed by atoms with Gasteiger partial charge in [0.25, 0.3) is 0 Å². The lowest BCUT2D eigenvalue weighted by atomic mass is 10.1. The van der Waals surface area contributed by atoms with Crippen molar-refractivity contribution in [3.8, 4) is 34.0 Å². The zero-order valence-electron chi connectivity index (χ0n) is 34.5. The summed E-state index contributed by atoms with van der Waals surface area (Å²) in [6.45, 7) is 0. The van der Waals surface area contributed by atoms with Gasteiger partial charge in [0.15, 0.2) is 5.82 Å². The molecule has 0 amide bonds. The van der Waals surface area contributed by atoms with Crippen molar-refractivity contribution in [2.24, 2.45) is 0 Å². The van der Waals surface area contributed by atoms with Gasteiger partial charge in [-0.05, 0) is 84.9 Å². The van der Waals surface area contributed by atoms with E-state index in [0.29, 0.717) is 5.82 Å². The van der Waals surface area contributed by atoms with E-state index in [4.69, 9.17) is 9.97 Å². The van der Waals surface area contributed by atoms with Crippen molar-refractivity contribution in [3.05, 3.63) is 224 Å². The van der Waals surface area contributed by atoms with Crippen molar-refractivity contribution in [1.82, 2.24) is 19.1 Å². The van der Waals surface area contributed by atoms with Gasteiger partial charge in [0.05, 0.1) is 38.0 Å². The molecule has 9 aromatic carbocycles. The molecular formula is C58H37N5S. The summed E-state index contributed by atoms with van der Waals surface area (Å²) in [4.78, 5) is 13.4. The van der Waals surface area contributed by atoms with E-state index in [2.05, 4.69) is 238 Å². The van der Waals surface area contributed by atoms with E-state index in [1.165, 1.54) is 26.2 Å². The van der Waals surface area contributed by atoms with Crippen molar-refractivity contribution in [2.45, 2.75) is 0 Å². The van der Waals surface area contributed by atoms with Crippen molar-refractivity contribution >= 4 is 92.3 Å². The Morgan fingerprint density at radius 1 is 0.359 bits per heavy atom. The summed E-state index contributed by atoms with van der Waals surface area (Å²) in [5.74, 6) is 0.676. The number of para-hydroxylation sites is 6. The maximum Gasteiger partial charge on any atom is 0.160 e. The van der Waals surface area contributed by atoms with Gasteiger partial charge in [0.2, 0.25) is 0 Å². The second-order valence-corrected chi connectivity index (χ2v) is 17.3. The maximum atomic E-state index is 5.59. The minimum Gasteiger partial charge on any atom is -0.311 e. The van der Waals surface area contributed by atoms with Crippen LogP contribution in [0.1, 0.15) is 0 Å². The molecule has 64 heavy (non-hydrogen) atoms. The molecule has 300 valence electrons. The van der Waals surface area contributed by atoms with Crippen LogP contribution >= 0.6 is 11.3 Å². The predicted molar refractivity (Wildman–Crippen MR) is 269 cm³/mol. The molecule has 0 aliphatic rings. The summed E-state index contributed by atoms with van der Waals surface area (Å²) in [7, 11) is 0. The van der Waals surface area contributed by atoms with Gasteiger partial charge in [-0.25, -0.2) is 9.97 Å². The van der Waals surface area contributed by atoms with Crippen LogP contribution in [-0.4, -0.2) is 19.1 Å². The summed E-state index contributed by atoms with van der Waals surface area (Å²) in [6, 6.07) is 80.2. The van der Waals surface area contributed by atoms with E-state index in [9.17, 15) is 0 Å². The van der Waals surface area contributed by atoms with Crippen LogP contribution in [0.5, 0.6) is 0 Å². The molecule has 4 aromatic heterocycles. The fraction of sp³-hybridized carbons (Fsp3) is 0. The number of thiophene rings is 1. The highest BCUT2D eigenvalue weighted by atomic mass is 32.1. The quantitative estimate of drug-likeness (QED) is 0.161. The van der Waals surface area contributed by atoms with Crippen LogP contribution in [-0.2, 0) is 0 Å². The van der Waals surface area contributed by atoms with Crippen LogP contribution in [0.4, 0.5) is 17.1 Å². The highest BCUT2D eigenvalue weighted by Crippen LogP contribution is 2.43. The Bertz CT molecular complexity index is 3620. The van der Waals surface area contributed by atoms with Gasteiger partial charge in [-0.1, -0.05) is 140 Å². The first-order chi connectivity index (χ1) is 31.7. The first-order valence-corrected chi connectivity index (χ1v) is 22.4. The Morgan fingerprint density at radius 2 is 0.781 bits per heavy atom. The van der Waals surface area contributed by atoms with Crippen LogP contribution in [0.3, 0.4) is 0 Å². The first kappa shape index (κ1) is 36.3. The average Bonchev–Trinajstić information content (AvgIpc) is 4.03. The molecular weight excluding hydrogens is 799 g/mol. The Labute approximate surface area is 373 Å². The van der Waals surface area contributed by atoms with Crippen molar-refractivity contribution in [1.29, 1.82) is 0 Å². The molecule has 0 N–H and O–H groups in total. The summed E-state index contributed by atoms with van der Waals surface area (Å²) < 4.78 is 7.05. The molecule has 6 heteroatoms. The smallest absolute Gasteiger partial charge is 0.160 e. The van der Waals surface area contributed by atoms with E-state index >= 15 is 0 Å². The zero-order valence-corrected chi connectivity index (χ0v) is 35.3. The number of benzene rings is 9. The van der Waals surface area contributed by atoms with Gasteiger partial charge in [0, 0.05) is 71.2 Å². The molecule has 13 aromatic rings. The molecule has 0 bridgehead atoms. The summed E-state index contributed by atoms with van der Waals surface area (Å²) in [5, 5.41) is 5.99. The third kappa shape index (κ3) is 5.77. The maximum absolute atomic E-state index is 5.59. The second kappa shape index (κ2) is 14.7. The Balaban J connectivity index is 1.06. The molecule has 0 saturated heterocycles. The second-order valence-electron chi connectivity index (χ2n) is 16.2.